The maximum Gasteiger partial charge on any atom is 0.147 e. The van der Waals surface area contributed by atoms with Gasteiger partial charge in [0.1, 0.15) is 28.4 Å². The number of ether oxygens (including phenoxy) is 1. The highest BCUT2D eigenvalue weighted by Crippen LogP contribution is 2.41. The number of hydrogen-bond acceptors (Lipinski definition) is 5. The van der Waals surface area contributed by atoms with Crippen LogP contribution in [0.25, 0.3) is 88.7 Å². The molecule has 0 aliphatic heterocycles. The van der Waals surface area contributed by atoms with Crippen LogP contribution in [0.5, 0.6) is 11.5 Å². The maximum absolute atomic E-state index is 6.76. The van der Waals surface area contributed by atoms with Crippen molar-refractivity contribution in [3.05, 3.63) is 169 Å². The first-order valence-electron chi connectivity index (χ1n) is 18.8. The molecule has 0 unspecified atom stereocenters. The molecule has 7 nitrogen and oxygen atoms in total. The Morgan fingerprint density at radius 2 is 1.18 bits per heavy atom. The first-order chi connectivity index (χ1) is 27.5. The highest BCUT2D eigenvalue weighted by atomic mass is 16.5. The first-order valence-corrected chi connectivity index (χ1v) is 18.8. The average molecular weight is 723 g/mol. The minimum Gasteiger partial charge on any atom is -0.457 e. The van der Waals surface area contributed by atoms with Crippen molar-refractivity contribution in [1.29, 1.82) is 0 Å². The van der Waals surface area contributed by atoms with E-state index < -0.39 is 0 Å². The lowest BCUT2D eigenvalue weighted by Crippen LogP contribution is -1.97. The zero-order chi connectivity index (χ0) is 37.5. The van der Waals surface area contributed by atoms with E-state index in [0.717, 1.165) is 88.7 Å². The van der Waals surface area contributed by atoms with Gasteiger partial charge in [-0.25, -0.2) is 15.0 Å². The number of fused-ring (bicyclic) bond motifs is 12. The molecule has 266 valence electrons. The van der Waals surface area contributed by atoms with Gasteiger partial charge in [0.2, 0.25) is 0 Å². The molecule has 0 saturated heterocycles. The highest BCUT2D eigenvalue weighted by Gasteiger charge is 2.22. The molecule has 0 fully saturated rings. The van der Waals surface area contributed by atoms with Gasteiger partial charge in [-0.05, 0) is 97.9 Å². The van der Waals surface area contributed by atoms with Gasteiger partial charge in [0.25, 0.3) is 0 Å². The van der Waals surface area contributed by atoms with Crippen LogP contribution >= 0.6 is 0 Å². The quantitative estimate of drug-likeness (QED) is 0.165. The van der Waals surface area contributed by atoms with E-state index in [0.29, 0.717) is 11.5 Å². The average Bonchev–Trinajstić information content (AvgIpc) is 3.85. The second-order valence-corrected chi connectivity index (χ2v) is 14.6. The first kappa shape index (κ1) is 32.1. The van der Waals surface area contributed by atoms with Gasteiger partial charge in [-0.3, -0.25) is 13.8 Å². The zero-order valence-electron chi connectivity index (χ0n) is 31.0. The zero-order valence-corrected chi connectivity index (χ0v) is 31.0. The molecule has 0 bridgehead atoms. The summed E-state index contributed by atoms with van der Waals surface area (Å²) < 4.78 is 11.1. The molecule has 5 aromatic carbocycles. The third-order valence-corrected chi connectivity index (χ3v) is 10.9. The second kappa shape index (κ2) is 12.3. The summed E-state index contributed by atoms with van der Waals surface area (Å²) in [4.78, 5) is 20.4. The number of benzene rings is 5. The van der Waals surface area contributed by atoms with Gasteiger partial charge in [0.15, 0.2) is 0 Å². The van der Waals surface area contributed by atoms with E-state index in [2.05, 4.69) is 133 Å². The number of hydrogen-bond donors (Lipinski definition) is 0. The molecular weight excluding hydrogens is 689 g/mol. The van der Waals surface area contributed by atoms with E-state index in [4.69, 9.17) is 24.7 Å². The molecule has 0 radical (unpaired) electrons. The summed E-state index contributed by atoms with van der Waals surface area (Å²) >= 11 is 0. The third-order valence-electron chi connectivity index (χ3n) is 10.9. The molecular formula is C49H34N6O. The highest BCUT2D eigenvalue weighted by molar-refractivity contribution is 6.13. The Balaban J connectivity index is 1.11. The van der Waals surface area contributed by atoms with E-state index >= 15 is 0 Å². The molecule has 0 N–H and O–H groups in total. The van der Waals surface area contributed by atoms with Crippen molar-refractivity contribution >= 4 is 54.9 Å². The minimum absolute atomic E-state index is 0.706. The van der Waals surface area contributed by atoms with Crippen LogP contribution in [0.4, 0.5) is 0 Å². The molecule has 0 saturated carbocycles. The largest absolute Gasteiger partial charge is 0.457 e. The van der Waals surface area contributed by atoms with Crippen LogP contribution < -0.4 is 4.74 Å². The Labute approximate surface area is 322 Å². The fourth-order valence-electron chi connectivity index (χ4n) is 8.63. The minimum atomic E-state index is 0.706. The predicted molar refractivity (Wildman–Crippen MR) is 227 cm³/mol. The molecule has 56 heavy (non-hydrogen) atoms. The number of imidazole rings is 2. The monoisotopic (exact) mass is 722 g/mol. The van der Waals surface area contributed by atoms with Crippen LogP contribution in [0.1, 0.15) is 16.7 Å². The molecule has 0 atom stereocenters. The van der Waals surface area contributed by atoms with Crippen LogP contribution in [-0.2, 0) is 0 Å². The molecule has 0 aliphatic carbocycles. The van der Waals surface area contributed by atoms with E-state index in [1.54, 1.807) is 0 Å². The van der Waals surface area contributed by atoms with Crippen LogP contribution in [0.15, 0.2) is 152 Å². The van der Waals surface area contributed by atoms with E-state index in [-0.39, 0.29) is 0 Å². The van der Waals surface area contributed by atoms with Crippen molar-refractivity contribution < 1.29 is 4.74 Å². The van der Waals surface area contributed by atoms with Crippen molar-refractivity contribution in [1.82, 2.24) is 28.7 Å². The van der Waals surface area contributed by atoms with Gasteiger partial charge in [-0.15, -0.1) is 0 Å². The summed E-state index contributed by atoms with van der Waals surface area (Å²) in [6.07, 6.45) is 5.84. The van der Waals surface area contributed by atoms with Crippen molar-refractivity contribution in [2.45, 2.75) is 20.8 Å². The van der Waals surface area contributed by atoms with Crippen molar-refractivity contribution in [2.24, 2.45) is 0 Å². The molecule has 7 heteroatoms. The molecule has 6 heterocycles. The molecule has 6 aromatic heterocycles. The van der Waals surface area contributed by atoms with Crippen LogP contribution in [0.3, 0.4) is 0 Å². The lowest BCUT2D eigenvalue weighted by atomic mass is 9.98. The van der Waals surface area contributed by atoms with Gasteiger partial charge in [0.05, 0.1) is 28.1 Å². The van der Waals surface area contributed by atoms with E-state index in [1.807, 2.05) is 48.8 Å². The molecule has 0 spiro atoms. The summed E-state index contributed by atoms with van der Waals surface area (Å²) in [6, 6.07) is 45.9. The molecule has 11 aromatic rings. The molecule has 11 rings (SSSR count). The van der Waals surface area contributed by atoms with Gasteiger partial charge < -0.3 is 4.74 Å². The topological polar surface area (TPSA) is 69.6 Å². The van der Waals surface area contributed by atoms with Crippen molar-refractivity contribution in [2.75, 3.05) is 0 Å². The Hall–Kier alpha value is -7.38. The number of nitrogens with zero attached hydrogens (tertiary/aromatic N) is 6. The van der Waals surface area contributed by atoms with Gasteiger partial charge in [0, 0.05) is 56.8 Å². The van der Waals surface area contributed by atoms with Gasteiger partial charge in [-0.2, -0.15) is 0 Å². The lowest BCUT2D eigenvalue weighted by molar-refractivity contribution is 0.484. The molecule has 0 aliphatic rings. The fraction of sp³-hybridized carbons (Fsp3) is 0.0612. The SMILES string of the molecule is Cc1cc(C)c(-c2cn3c4cccnc4c4ccc(Oc5ccc6c7cccnc7n7c(-c8ccccc8)c(-c8ccccc8)nc7c6c5)cc4c3n2)c(C)c1. The normalized spacial score (nSPS) is 11.8. The summed E-state index contributed by atoms with van der Waals surface area (Å²) in [6.45, 7) is 6.46. The number of aryl methyl sites for hydroxylation is 3. The predicted octanol–water partition coefficient (Wildman–Crippen LogP) is 12.1. The Morgan fingerprint density at radius 1 is 0.518 bits per heavy atom. The number of rotatable bonds is 5. The smallest absolute Gasteiger partial charge is 0.147 e. The summed E-state index contributed by atoms with van der Waals surface area (Å²) in [5.41, 5.74) is 14.2. The van der Waals surface area contributed by atoms with E-state index in [9.17, 15) is 0 Å². The second-order valence-electron chi connectivity index (χ2n) is 14.6. The number of aromatic nitrogens is 6. The van der Waals surface area contributed by atoms with Crippen LogP contribution in [0.2, 0.25) is 0 Å². The van der Waals surface area contributed by atoms with Crippen LogP contribution in [-0.4, -0.2) is 28.7 Å². The summed E-state index contributed by atoms with van der Waals surface area (Å²) in [5.74, 6) is 1.41. The fourth-order valence-corrected chi connectivity index (χ4v) is 8.63. The van der Waals surface area contributed by atoms with Crippen molar-refractivity contribution in [3.63, 3.8) is 0 Å². The summed E-state index contributed by atoms with van der Waals surface area (Å²) in [7, 11) is 0. The lowest BCUT2D eigenvalue weighted by Gasteiger charge is -2.13. The van der Waals surface area contributed by atoms with E-state index in [1.165, 1.54) is 16.7 Å². The van der Waals surface area contributed by atoms with Gasteiger partial charge in [-0.1, -0.05) is 78.4 Å². The number of pyridine rings is 4. The van der Waals surface area contributed by atoms with Gasteiger partial charge >= 0.3 is 0 Å². The third kappa shape index (κ3) is 4.91. The van der Waals surface area contributed by atoms with Crippen molar-refractivity contribution in [3.8, 4) is 45.3 Å². The standard InChI is InChI=1S/C49H34N6O/c1-29-24-30(2)43(31(3)25-29)41-28-54-42-17-11-22-50-45(42)37-21-19-35(27-40(37)48(54)52-41)56-34-18-20-36-38-16-10-23-51-47(38)55-46(33-14-8-5-9-15-33)44(32-12-6-4-7-13-32)53-49(55)39(36)26-34/h4-28H,1-3H3. The Morgan fingerprint density at radius 3 is 1.93 bits per heavy atom. The molecule has 0 amide bonds. The maximum atomic E-state index is 6.76. The Kier molecular flexibility index (Phi) is 7.06. The Bertz CT molecular complexity index is 3340. The van der Waals surface area contributed by atoms with Crippen LogP contribution in [0, 0.1) is 20.8 Å². The summed E-state index contributed by atoms with van der Waals surface area (Å²) in [5, 5.41) is 5.06.